The van der Waals surface area contributed by atoms with Crippen molar-refractivity contribution in [1.82, 2.24) is 0 Å². The van der Waals surface area contributed by atoms with E-state index in [0.29, 0.717) is 12.4 Å². The maximum absolute atomic E-state index is 5.56. The van der Waals surface area contributed by atoms with Crippen molar-refractivity contribution >= 4 is 5.84 Å². The van der Waals surface area contributed by atoms with Crippen LogP contribution in [0.3, 0.4) is 0 Å². The Morgan fingerprint density at radius 2 is 2.22 bits per heavy atom. The first-order valence-corrected chi connectivity index (χ1v) is 3.19. The van der Waals surface area contributed by atoms with Crippen LogP contribution in [0.2, 0.25) is 0 Å². The average molecular weight is 129 g/mol. The summed E-state index contributed by atoms with van der Waals surface area (Å²) < 4.78 is 0. The number of hydrogen-bond donors (Lipinski definition) is 2. The lowest BCUT2D eigenvalue weighted by molar-refractivity contribution is 0.660. The van der Waals surface area contributed by atoms with Gasteiger partial charge >= 0.3 is 0 Å². The summed E-state index contributed by atoms with van der Waals surface area (Å²) >= 11 is 0. The highest BCUT2D eigenvalue weighted by atomic mass is 14.9. The monoisotopic (exact) mass is 129 g/mol. The van der Waals surface area contributed by atoms with E-state index >= 15 is 0 Å². The molecule has 0 saturated heterocycles. The van der Waals surface area contributed by atoms with Gasteiger partial charge in [-0.1, -0.05) is 6.92 Å². The Bertz CT molecular complexity index is 94.5. The van der Waals surface area contributed by atoms with E-state index in [-0.39, 0.29) is 6.04 Å². The molecule has 0 fully saturated rings. The normalized spacial score (nSPS) is 15.7. The van der Waals surface area contributed by atoms with Crippen molar-refractivity contribution < 1.29 is 0 Å². The highest BCUT2D eigenvalue weighted by Crippen LogP contribution is 1.85. The van der Waals surface area contributed by atoms with E-state index in [9.17, 15) is 0 Å². The van der Waals surface area contributed by atoms with Crippen molar-refractivity contribution in [2.75, 3.05) is 6.54 Å². The van der Waals surface area contributed by atoms with E-state index in [1.807, 2.05) is 6.92 Å². The molecule has 0 spiro atoms. The van der Waals surface area contributed by atoms with Crippen LogP contribution in [0.1, 0.15) is 20.3 Å². The Kier molecular flexibility index (Phi) is 4.05. The molecule has 0 aromatic rings. The Morgan fingerprint density at radius 1 is 1.67 bits per heavy atom. The van der Waals surface area contributed by atoms with Crippen LogP contribution in [-0.2, 0) is 0 Å². The van der Waals surface area contributed by atoms with Crippen molar-refractivity contribution in [3.05, 3.63) is 0 Å². The van der Waals surface area contributed by atoms with Gasteiger partial charge in [0.15, 0.2) is 0 Å². The summed E-state index contributed by atoms with van der Waals surface area (Å²) in [6.45, 7) is 4.45. The van der Waals surface area contributed by atoms with Crippen LogP contribution in [-0.4, -0.2) is 18.4 Å². The van der Waals surface area contributed by atoms with E-state index in [2.05, 4.69) is 4.99 Å². The summed E-state index contributed by atoms with van der Waals surface area (Å²) in [5.74, 6) is 0.610. The van der Waals surface area contributed by atoms with Crippen LogP contribution >= 0.6 is 0 Å². The van der Waals surface area contributed by atoms with Gasteiger partial charge in [0.05, 0.1) is 12.4 Å². The van der Waals surface area contributed by atoms with Crippen molar-refractivity contribution in [2.24, 2.45) is 16.5 Å². The number of amidine groups is 1. The number of rotatable bonds is 3. The van der Waals surface area contributed by atoms with Crippen LogP contribution < -0.4 is 11.5 Å². The second-order valence-corrected chi connectivity index (χ2v) is 2.15. The molecule has 0 aliphatic heterocycles. The number of nitrogens with zero attached hydrogens (tertiary/aromatic N) is 1. The number of aliphatic imine (C=N–C) groups is 1. The first kappa shape index (κ1) is 8.43. The lowest BCUT2D eigenvalue weighted by atomic mass is 10.2. The minimum Gasteiger partial charge on any atom is -0.388 e. The second kappa shape index (κ2) is 4.32. The maximum Gasteiger partial charge on any atom is 0.0906 e. The summed E-state index contributed by atoms with van der Waals surface area (Å²) in [7, 11) is 0. The summed E-state index contributed by atoms with van der Waals surface area (Å²) in [6.07, 6.45) is 0.955. The standard InChI is InChI=1S/C6H15N3/c1-3-6(8)4-9-5(2)7/h6H,3-4,8H2,1-2H3,(H2,7,9). The smallest absolute Gasteiger partial charge is 0.0906 e. The predicted molar refractivity (Wildman–Crippen MR) is 40.4 cm³/mol. The third-order valence-corrected chi connectivity index (χ3v) is 1.10. The molecule has 1 unspecified atom stereocenters. The fourth-order valence-corrected chi connectivity index (χ4v) is 0.390. The molecule has 4 N–H and O–H groups in total. The second-order valence-electron chi connectivity index (χ2n) is 2.15. The summed E-state index contributed by atoms with van der Waals surface area (Å²) in [4.78, 5) is 3.96. The van der Waals surface area contributed by atoms with Gasteiger partial charge in [-0.2, -0.15) is 0 Å². The van der Waals surface area contributed by atoms with Crippen LogP contribution in [0.4, 0.5) is 0 Å². The number of nitrogens with two attached hydrogens (primary N) is 2. The largest absolute Gasteiger partial charge is 0.388 e. The molecule has 0 radical (unpaired) electrons. The van der Waals surface area contributed by atoms with Gasteiger partial charge in [0.2, 0.25) is 0 Å². The molecule has 1 atom stereocenters. The van der Waals surface area contributed by atoms with Gasteiger partial charge in [-0.3, -0.25) is 4.99 Å². The van der Waals surface area contributed by atoms with Crippen LogP contribution in [0.5, 0.6) is 0 Å². The molecule has 9 heavy (non-hydrogen) atoms. The Balaban J connectivity index is 3.37. The highest BCUT2D eigenvalue weighted by molar-refractivity contribution is 5.77. The molecular formula is C6H15N3. The molecule has 0 aromatic carbocycles. The topological polar surface area (TPSA) is 64.4 Å². The zero-order valence-electron chi connectivity index (χ0n) is 6.09. The third-order valence-electron chi connectivity index (χ3n) is 1.10. The molecule has 0 heterocycles. The van der Waals surface area contributed by atoms with E-state index in [4.69, 9.17) is 11.5 Å². The molecule has 0 bridgehead atoms. The Morgan fingerprint density at radius 3 is 2.56 bits per heavy atom. The van der Waals surface area contributed by atoms with E-state index in [1.165, 1.54) is 0 Å². The molecule has 0 rings (SSSR count). The molecule has 0 aliphatic rings. The Hall–Kier alpha value is -0.570. The van der Waals surface area contributed by atoms with Crippen molar-refractivity contribution in [3.63, 3.8) is 0 Å². The molecule has 0 amide bonds. The van der Waals surface area contributed by atoms with Gasteiger partial charge in [-0.05, 0) is 13.3 Å². The molecule has 54 valence electrons. The fraction of sp³-hybridized carbons (Fsp3) is 0.833. The van der Waals surface area contributed by atoms with E-state index < -0.39 is 0 Å². The quantitative estimate of drug-likeness (QED) is 0.419. The molecule has 0 saturated carbocycles. The third kappa shape index (κ3) is 5.30. The SMILES string of the molecule is CCC(N)CN=C(C)N. The van der Waals surface area contributed by atoms with E-state index in [1.54, 1.807) is 6.92 Å². The summed E-state index contributed by atoms with van der Waals surface area (Å²) in [6, 6.07) is 0.170. The number of hydrogen-bond acceptors (Lipinski definition) is 2. The molecule has 3 heteroatoms. The van der Waals surface area contributed by atoms with Gasteiger partial charge in [-0.25, -0.2) is 0 Å². The first-order chi connectivity index (χ1) is 4.16. The molecule has 0 aromatic heterocycles. The van der Waals surface area contributed by atoms with E-state index in [0.717, 1.165) is 6.42 Å². The van der Waals surface area contributed by atoms with Crippen molar-refractivity contribution in [2.45, 2.75) is 26.3 Å². The molecule has 0 aliphatic carbocycles. The maximum atomic E-state index is 5.56. The minimum atomic E-state index is 0.170. The average Bonchev–Trinajstić information content (AvgIpc) is 1.83. The predicted octanol–water partition coefficient (Wildman–Crippen LogP) is 0.101. The van der Waals surface area contributed by atoms with Crippen molar-refractivity contribution in [1.29, 1.82) is 0 Å². The van der Waals surface area contributed by atoms with Gasteiger partial charge in [-0.15, -0.1) is 0 Å². The summed E-state index contributed by atoms with van der Waals surface area (Å²) in [5.41, 5.74) is 10.8. The minimum absolute atomic E-state index is 0.170. The molecule has 3 nitrogen and oxygen atoms in total. The zero-order chi connectivity index (χ0) is 7.28. The fourth-order valence-electron chi connectivity index (χ4n) is 0.390. The molecular weight excluding hydrogens is 114 g/mol. The van der Waals surface area contributed by atoms with Crippen LogP contribution in [0, 0.1) is 0 Å². The zero-order valence-corrected chi connectivity index (χ0v) is 6.09. The lowest BCUT2D eigenvalue weighted by Crippen LogP contribution is -2.23. The van der Waals surface area contributed by atoms with Gasteiger partial charge < -0.3 is 11.5 Å². The highest BCUT2D eigenvalue weighted by Gasteiger charge is 1.94. The van der Waals surface area contributed by atoms with Gasteiger partial charge in [0.25, 0.3) is 0 Å². The van der Waals surface area contributed by atoms with Gasteiger partial charge in [0.1, 0.15) is 0 Å². The lowest BCUT2D eigenvalue weighted by Gasteiger charge is -2.02. The Labute approximate surface area is 56.1 Å². The van der Waals surface area contributed by atoms with Gasteiger partial charge in [0, 0.05) is 6.04 Å². The van der Waals surface area contributed by atoms with Crippen LogP contribution in [0.15, 0.2) is 4.99 Å². The van der Waals surface area contributed by atoms with Crippen LogP contribution in [0.25, 0.3) is 0 Å². The van der Waals surface area contributed by atoms with Crippen molar-refractivity contribution in [3.8, 4) is 0 Å². The summed E-state index contributed by atoms with van der Waals surface area (Å²) in [5, 5.41) is 0. The first-order valence-electron chi connectivity index (χ1n) is 3.19.